The number of aryl methyl sites for hydroxylation is 1. The smallest absolute Gasteiger partial charge is 0.233 e. The van der Waals surface area contributed by atoms with Crippen molar-refractivity contribution in [3.63, 3.8) is 0 Å². The fourth-order valence-electron chi connectivity index (χ4n) is 4.16. The molecule has 1 aliphatic heterocycles. The number of halogens is 2. The third-order valence-corrected chi connectivity index (χ3v) is 6.53. The molecule has 13 heteroatoms. The number of anilines is 6. The molecule has 0 aliphatic carbocycles. The lowest BCUT2D eigenvalue weighted by molar-refractivity contribution is 0.486. The van der Waals surface area contributed by atoms with E-state index in [9.17, 15) is 0 Å². The first kappa shape index (κ1) is 26.8. The van der Waals surface area contributed by atoms with Gasteiger partial charge in [0, 0.05) is 43.6 Å². The van der Waals surface area contributed by atoms with Gasteiger partial charge in [0.2, 0.25) is 34.4 Å². The zero-order chi connectivity index (χ0) is 27.6. The fourth-order valence-corrected chi connectivity index (χ4v) is 4.47. The van der Waals surface area contributed by atoms with Crippen LogP contribution in [0.1, 0.15) is 5.56 Å². The normalized spacial score (nSPS) is 13.9. The number of benzene rings is 2. The molecule has 0 spiro atoms. The van der Waals surface area contributed by atoms with E-state index in [1.54, 1.807) is 0 Å². The number of hydrogen-bond acceptors (Lipinski definition) is 10. The van der Waals surface area contributed by atoms with Crippen LogP contribution in [0.2, 0.25) is 10.6 Å². The minimum atomic E-state index is 0.129. The van der Waals surface area contributed by atoms with Crippen LogP contribution < -0.4 is 24.9 Å². The van der Waals surface area contributed by atoms with Gasteiger partial charge in [0.05, 0.1) is 21.1 Å². The summed E-state index contributed by atoms with van der Waals surface area (Å²) in [7, 11) is 6.34. The van der Waals surface area contributed by atoms with Gasteiger partial charge in [-0.15, -0.1) is 0 Å². The van der Waals surface area contributed by atoms with Crippen molar-refractivity contribution in [2.45, 2.75) is 6.92 Å². The molecule has 1 aliphatic rings. The highest BCUT2D eigenvalue weighted by molar-refractivity contribution is 6.28. The van der Waals surface area contributed by atoms with Gasteiger partial charge in [0.25, 0.3) is 0 Å². The van der Waals surface area contributed by atoms with Crippen LogP contribution in [0.4, 0.5) is 40.9 Å². The SMILES string of the molecule is Cc1cccc(Nc2nc(Cl)nc(N3CCN(c4nc(Cl)nc(Nc5cccc([N+](C)(C)C)c5)n4)CC3)n2)c1. The number of quaternary nitrogens is 1. The summed E-state index contributed by atoms with van der Waals surface area (Å²) in [6, 6.07) is 16.1. The molecule has 11 nitrogen and oxygen atoms in total. The Bertz CT molecular complexity index is 1470. The van der Waals surface area contributed by atoms with Gasteiger partial charge in [-0.05, 0) is 60.0 Å². The highest BCUT2D eigenvalue weighted by Crippen LogP contribution is 2.25. The molecule has 0 amide bonds. The van der Waals surface area contributed by atoms with Crippen molar-refractivity contribution >= 4 is 64.1 Å². The fraction of sp³-hybridized carbons (Fsp3) is 0.308. The van der Waals surface area contributed by atoms with E-state index in [-0.39, 0.29) is 10.6 Å². The van der Waals surface area contributed by atoms with Gasteiger partial charge in [-0.3, -0.25) is 4.48 Å². The topological polar surface area (TPSA) is 108 Å². The predicted molar refractivity (Wildman–Crippen MR) is 158 cm³/mol. The third kappa shape index (κ3) is 6.80. The van der Waals surface area contributed by atoms with E-state index in [0.717, 1.165) is 22.6 Å². The number of piperazine rings is 1. The van der Waals surface area contributed by atoms with Gasteiger partial charge in [0.1, 0.15) is 5.69 Å². The third-order valence-electron chi connectivity index (χ3n) is 6.19. The van der Waals surface area contributed by atoms with E-state index in [1.165, 1.54) is 0 Å². The molecule has 0 bridgehead atoms. The number of aromatic nitrogens is 6. The average molecular weight is 568 g/mol. The van der Waals surface area contributed by atoms with Crippen molar-refractivity contribution in [2.24, 2.45) is 0 Å². The molecule has 0 saturated carbocycles. The van der Waals surface area contributed by atoms with Gasteiger partial charge in [-0.1, -0.05) is 18.2 Å². The minimum Gasteiger partial charge on any atom is -0.337 e. The van der Waals surface area contributed by atoms with Gasteiger partial charge in [0.15, 0.2) is 0 Å². The first-order chi connectivity index (χ1) is 18.6. The maximum Gasteiger partial charge on any atom is 0.233 e. The molecule has 0 unspecified atom stereocenters. The standard InChI is InChI=1S/C26H30Cl2N11/c1-17-7-5-8-18(15-17)29-23-31-21(27)33-25(35-23)37-11-13-38(14-12-37)26-34-22(28)32-24(36-26)30-19-9-6-10-20(16-19)39(2,3)4/h5-10,15-16H,11-14H2,1-4H3,(H,29,31,33,35)(H,30,32,34,36)/q+1. The lowest BCUT2D eigenvalue weighted by Gasteiger charge is -2.34. The van der Waals surface area contributed by atoms with Crippen molar-refractivity contribution in [2.75, 3.05) is 67.8 Å². The second-order valence-corrected chi connectivity index (χ2v) is 10.8. The van der Waals surface area contributed by atoms with Crippen LogP contribution in [0.25, 0.3) is 0 Å². The average Bonchev–Trinajstić information content (AvgIpc) is 2.88. The molecule has 5 rings (SSSR count). The Morgan fingerprint density at radius 1 is 0.667 bits per heavy atom. The van der Waals surface area contributed by atoms with Crippen molar-refractivity contribution in [3.8, 4) is 0 Å². The molecule has 2 aromatic heterocycles. The van der Waals surface area contributed by atoms with Crippen LogP contribution in [0.3, 0.4) is 0 Å². The summed E-state index contributed by atoms with van der Waals surface area (Å²) in [5.41, 5.74) is 4.03. The summed E-state index contributed by atoms with van der Waals surface area (Å²) in [4.78, 5) is 30.6. The van der Waals surface area contributed by atoms with Gasteiger partial charge in [-0.2, -0.15) is 29.9 Å². The van der Waals surface area contributed by atoms with E-state index in [4.69, 9.17) is 23.2 Å². The summed E-state index contributed by atoms with van der Waals surface area (Å²) < 4.78 is 0.693. The van der Waals surface area contributed by atoms with Crippen molar-refractivity contribution in [3.05, 3.63) is 64.7 Å². The molecule has 1 fully saturated rings. The van der Waals surface area contributed by atoms with Crippen molar-refractivity contribution in [1.82, 2.24) is 34.4 Å². The Morgan fingerprint density at radius 3 is 1.64 bits per heavy atom. The Balaban J connectivity index is 1.27. The van der Waals surface area contributed by atoms with Crippen LogP contribution in [0, 0.1) is 6.92 Å². The molecular weight excluding hydrogens is 537 g/mol. The van der Waals surface area contributed by atoms with Crippen molar-refractivity contribution in [1.29, 1.82) is 0 Å². The van der Waals surface area contributed by atoms with Crippen LogP contribution in [0.5, 0.6) is 0 Å². The molecular formula is C26H30Cl2N11+. The van der Waals surface area contributed by atoms with Crippen LogP contribution in [0.15, 0.2) is 48.5 Å². The predicted octanol–water partition coefficient (Wildman–Crippen LogP) is 4.68. The molecule has 3 heterocycles. The second-order valence-electron chi connectivity index (χ2n) is 10.1. The molecule has 0 atom stereocenters. The number of rotatable bonds is 7. The summed E-state index contributed by atoms with van der Waals surface area (Å²) in [6.07, 6.45) is 0. The lowest BCUT2D eigenvalue weighted by Crippen LogP contribution is -2.47. The van der Waals surface area contributed by atoms with Gasteiger partial charge >= 0.3 is 0 Å². The van der Waals surface area contributed by atoms with E-state index in [0.29, 0.717) is 54.5 Å². The molecule has 1 saturated heterocycles. The number of hydrogen-bond donors (Lipinski definition) is 2. The summed E-state index contributed by atoms with van der Waals surface area (Å²) in [5.74, 6) is 1.81. The second kappa shape index (κ2) is 11.1. The van der Waals surface area contributed by atoms with Crippen LogP contribution in [-0.2, 0) is 0 Å². The number of nitrogens with zero attached hydrogens (tertiary/aromatic N) is 9. The molecule has 0 radical (unpaired) electrons. The maximum absolute atomic E-state index is 6.28. The zero-order valence-electron chi connectivity index (χ0n) is 22.2. The first-order valence-corrected chi connectivity index (χ1v) is 13.2. The largest absolute Gasteiger partial charge is 0.337 e. The quantitative estimate of drug-likeness (QED) is 0.306. The molecule has 2 aromatic carbocycles. The Labute approximate surface area is 237 Å². The van der Waals surface area contributed by atoms with E-state index < -0.39 is 0 Å². The highest BCUT2D eigenvalue weighted by atomic mass is 35.5. The highest BCUT2D eigenvalue weighted by Gasteiger charge is 2.23. The lowest BCUT2D eigenvalue weighted by atomic mass is 10.2. The molecule has 2 N–H and O–H groups in total. The van der Waals surface area contributed by atoms with E-state index >= 15 is 0 Å². The maximum atomic E-state index is 6.28. The van der Waals surface area contributed by atoms with Gasteiger partial charge < -0.3 is 20.4 Å². The Kier molecular flexibility index (Phi) is 7.65. The van der Waals surface area contributed by atoms with Crippen molar-refractivity contribution < 1.29 is 0 Å². The molecule has 4 aromatic rings. The summed E-state index contributed by atoms with van der Waals surface area (Å²) in [5, 5.41) is 6.74. The van der Waals surface area contributed by atoms with E-state index in [1.807, 2.05) is 43.3 Å². The van der Waals surface area contributed by atoms with E-state index in [2.05, 4.69) is 83.6 Å². The van der Waals surface area contributed by atoms with Gasteiger partial charge in [-0.25, -0.2) is 0 Å². The molecule has 202 valence electrons. The number of nitrogens with one attached hydrogen (secondary N) is 2. The summed E-state index contributed by atoms with van der Waals surface area (Å²) in [6.45, 7) is 4.59. The Hall–Kier alpha value is -3.80. The first-order valence-electron chi connectivity index (χ1n) is 12.5. The summed E-state index contributed by atoms with van der Waals surface area (Å²) >= 11 is 12.5. The zero-order valence-corrected chi connectivity index (χ0v) is 23.7. The monoisotopic (exact) mass is 566 g/mol. The minimum absolute atomic E-state index is 0.129. The molecule has 39 heavy (non-hydrogen) atoms. The van der Waals surface area contributed by atoms with Crippen LogP contribution >= 0.6 is 23.2 Å². The Morgan fingerprint density at radius 2 is 1.15 bits per heavy atom. The van der Waals surface area contributed by atoms with Crippen LogP contribution in [-0.4, -0.2) is 77.2 Å².